The molecule has 2 amide bonds. The van der Waals surface area contributed by atoms with E-state index in [1.807, 2.05) is 28.0 Å². The van der Waals surface area contributed by atoms with E-state index in [9.17, 15) is 19.7 Å². The highest BCUT2D eigenvalue weighted by Gasteiger charge is 2.25. The number of primary amides is 1. The van der Waals surface area contributed by atoms with E-state index < -0.39 is 10.8 Å². The van der Waals surface area contributed by atoms with E-state index in [2.05, 4.69) is 5.32 Å². The molecular formula is C20H22ClN5O4S. The SMILES string of the molecule is NC(=O)CSc1ccccc1NC(=O)CN1CCN(c2ccc(Cl)cc2[N+](=O)[O-])CC1. The number of anilines is 2. The highest BCUT2D eigenvalue weighted by atomic mass is 35.5. The van der Waals surface area contributed by atoms with Crippen LogP contribution in [0, 0.1) is 10.1 Å². The molecule has 1 heterocycles. The largest absolute Gasteiger partial charge is 0.369 e. The minimum Gasteiger partial charge on any atom is -0.369 e. The summed E-state index contributed by atoms with van der Waals surface area (Å²) in [5.74, 6) is -0.464. The molecule has 0 bridgehead atoms. The van der Waals surface area contributed by atoms with Gasteiger partial charge < -0.3 is 16.0 Å². The van der Waals surface area contributed by atoms with Gasteiger partial charge in [0, 0.05) is 42.2 Å². The fraction of sp³-hybridized carbons (Fsp3) is 0.300. The zero-order chi connectivity index (χ0) is 22.4. The number of nitrogens with two attached hydrogens (primary N) is 1. The molecule has 31 heavy (non-hydrogen) atoms. The molecule has 3 N–H and O–H groups in total. The molecule has 3 rings (SSSR count). The number of nitro groups is 1. The summed E-state index contributed by atoms with van der Waals surface area (Å²) >= 11 is 7.16. The maximum Gasteiger partial charge on any atom is 0.294 e. The third-order valence-electron chi connectivity index (χ3n) is 4.75. The molecule has 1 aliphatic rings. The number of nitrogens with one attached hydrogen (secondary N) is 1. The highest BCUT2D eigenvalue weighted by Crippen LogP contribution is 2.31. The molecule has 0 spiro atoms. The lowest BCUT2D eigenvalue weighted by molar-refractivity contribution is -0.384. The van der Waals surface area contributed by atoms with Crippen LogP contribution in [0.4, 0.5) is 17.1 Å². The van der Waals surface area contributed by atoms with Crippen molar-refractivity contribution in [2.75, 3.05) is 48.7 Å². The summed E-state index contributed by atoms with van der Waals surface area (Å²) in [4.78, 5) is 39.2. The number of para-hydroxylation sites is 1. The smallest absolute Gasteiger partial charge is 0.294 e. The standard InChI is InChI=1S/C20H22ClN5O4S/c21-14-5-6-16(17(11-14)26(29)30)25-9-7-24(8-10-25)12-20(28)23-15-3-1-2-4-18(15)31-13-19(22)27/h1-6,11H,7-10,12-13H2,(H2,22,27)(H,23,28). The summed E-state index contributed by atoms with van der Waals surface area (Å²) in [6.45, 7) is 2.49. The zero-order valence-electron chi connectivity index (χ0n) is 16.6. The molecule has 0 aliphatic carbocycles. The van der Waals surface area contributed by atoms with Gasteiger partial charge in [-0.15, -0.1) is 11.8 Å². The van der Waals surface area contributed by atoms with Crippen molar-refractivity contribution in [2.45, 2.75) is 4.90 Å². The molecule has 0 atom stereocenters. The Morgan fingerprint density at radius 3 is 2.55 bits per heavy atom. The summed E-state index contributed by atoms with van der Waals surface area (Å²) in [5, 5.41) is 14.5. The molecule has 11 heteroatoms. The first-order valence-electron chi connectivity index (χ1n) is 9.54. The van der Waals surface area contributed by atoms with Gasteiger partial charge in [0.2, 0.25) is 11.8 Å². The van der Waals surface area contributed by atoms with Gasteiger partial charge in [-0.1, -0.05) is 23.7 Å². The molecular weight excluding hydrogens is 442 g/mol. The van der Waals surface area contributed by atoms with Gasteiger partial charge in [0.25, 0.3) is 5.69 Å². The second-order valence-corrected chi connectivity index (χ2v) is 8.41. The molecule has 164 valence electrons. The van der Waals surface area contributed by atoms with E-state index in [1.54, 1.807) is 18.2 Å². The van der Waals surface area contributed by atoms with Crippen LogP contribution in [-0.4, -0.2) is 60.1 Å². The quantitative estimate of drug-likeness (QED) is 0.350. The third-order valence-corrected chi connectivity index (χ3v) is 6.08. The lowest BCUT2D eigenvalue weighted by Gasteiger charge is -2.35. The molecule has 0 aromatic heterocycles. The number of hydrogen-bond donors (Lipinski definition) is 2. The number of halogens is 1. The summed E-state index contributed by atoms with van der Waals surface area (Å²) in [7, 11) is 0. The minimum atomic E-state index is -0.436. The number of nitrogens with zero attached hydrogens (tertiary/aromatic N) is 3. The van der Waals surface area contributed by atoms with Gasteiger partial charge in [-0.05, 0) is 24.3 Å². The third kappa shape index (κ3) is 6.33. The maximum absolute atomic E-state index is 12.5. The van der Waals surface area contributed by atoms with Gasteiger partial charge >= 0.3 is 0 Å². The molecule has 1 aliphatic heterocycles. The molecule has 0 saturated carbocycles. The van der Waals surface area contributed by atoms with Crippen LogP contribution in [0.5, 0.6) is 0 Å². The summed E-state index contributed by atoms with van der Waals surface area (Å²) in [5.41, 5.74) is 6.34. The van der Waals surface area contributed by atoms with E-state index in [4.69, 9.17) is 17.3 Å². The van der Waals surface area contributed by atoms with Gasteiger partial charge in [-0.3, -0.25) is 24.6 Å². The Kier molecular flexibility index (Phi) is 7.72. The predicted molar refractivity (Wildman–Crippen MR) is 122 cm³/mol. The van der Waals surface area contributed by atoms with Gasteiger partial charge in [-0.2, -0.15) is 0 Å². The topological polar surface area (TPSA) is 122 Å². The van der Waals surface area contributed by atoms with Crippen molar-refractivity contribution in [2.24, 2.45) is 5.73 Å². The van der Waals surface area contributed by atoms with Crippen LogP contribution < -0.4 is 16.0 Å². The number of carbonyl (C=O) groups excluding carboxylic acids is 2. The normalized spacial score (nSPS) is 14.3. The molecule has 0 unspecified atom stereocenters. The second-order valence-electron chi connectivity index (χ2n) is 6.95. The first-order chi connectivity index (χ1) is 14.8. The molecule has 1 fully saturated rings. The van der Waals surface area contributed by atoms with Crippen molar-refractivity contribution in [3.8, 4) is 0 Å². The number of carbonyl (C=O) groups is 2. The summed E-state index contributed by atoms with van der Waals surface area (Å²) < 4.78 is 0. The fourth-order valence-corrected chi connectivity index (χ4v) is 4.21. The Balaban J connectivity index is 1.56. The van der Waals surface area contributed by atoms with E-state index >= 15 is 0 Å². The highest BCUT2D eigenvalue weighted by molar-refractivity contribution is 8.00. The van der Waals surface area contributed by atoms with Gasteiger partial charge in [0.05, 0.1) is 22.9 Å². The van der Waals surface area contributed by atoms with Crippen LogP contribution in [0.1, 0.15) is 0 Å². The number of benzene rings is 2. The first-order valence-corrected chi connectivity index (χ1v) is 10.9. The average molecular weight is 464 g/mol. The Hall–Kier alpha value is -2.82. The van der Waals surface area contributed by atoms with Crippen molar-refractivity contribution >= 4 is 52.2 Å². The van der Waals surface area contributed by atoms with E-state index in [-0.39, 0.29) is 23.9 Å². The average Bonchev–Trinajstić information content (AvgIpc) is 2.73. The maximum atomic E-state index is 12.5. The number of rotatable bonds is 8. The molecule has 0 radical (unpaired) electrons. The Morgan fingerprint density at radius 1 is 1.16 bits per heavy atom. The van der Waals surface area contributed by atoms with Crippen LogP contribution in [0.3, 0.4) is 0 Å². The van der Waals surface area contributed by atoms with Crippen molar-refractivity contribution in [3.63, 3.8) is 0 Å². The van der Waals surface area contributed by atoms with Gasteiger partial charge in [0.1, 0.15) is 5.69 Å². The van der Waals surface area contributed by atoms with Gasteiger partial charge in [-0.25, -0.2) is 0 Å². The Labute approximate surface area is 188 Å². The van der Waals surface area contributed by atoms with Crippen LogP contribution in [-0.2, 0) is 9.59 Å². The van der Waals surface area contributed by atoms with E-state index in [1.165, 1.54) is 17.8 Å². The monoisotopic (exact) mass is 463 g/mol. The second kappa shape index (κ2) is 10.5. The Bertz CT molecular complexity index is 982. The molecule has 1 saturated heterocycles. The lowest BCUT2D eigenvalue weighted by Crippen LogP contribution is -2.48. The predicted octanol–water partition coefficient (Wildman–Crippen LogP) is 2.59. The molecule has 2 aromatic carbocycles. The number of thioether (sulfide) groups is 1. The van der Waals surface area contributed by atoms with E-state index in [0.717, 1.165) is 4.90 Å². The van der Waals surface area contributed by atoms with Crippen molar-refractivity contribution < 1.29 is 14.5 Å². The zero-order valence-corrected chi connectivity index (χ0v) is 18.2. The van der Waals surface area contributed by atoms with Crippen molar-refractivity contribution in [1.82, 2.24) is 4.90 Å². The number of piperazine rings is 1. The fourth-order valence-electron chi connectivity index (χ4n) is 3.29. The van der Waals surface area contributed by atoms with Crippen LogP contribution in [0.15, 0.2) is 47.4 Å². The first kappa shape index (κ1) is 22.9. The number of amides is 2. The number of nitro benzene ring substituents is 1. The van der Waals surface area contributed by atoms with Gasteiger partial charge in [0.15, 0.2) is 0 Å². The van der Waals surface area contributed by atoms with Crippen molar-refractivity contribution in [3.05, 3.63) is 57.6 Å². The van der Waals surface area contributed by atoms with Crippen LogP contribution in [0.2, 0.25) is 5.02 Å². The number of hydrogen-bond acceptors (Lipinski definition) is 7. The lowest BCUT2D eigenvalue weighted by atomic mass is 10.2. The Morgan fingerprint density at radius 2 is 1.87 bits per heavy atom. The summed E-state index contributed by atoms with van der Waals surface area (Å²) in [6, 6.07) is 11.9. The van der Waals surface area contributed by atoms with E-state index in [0.29, 0.717) is 42.6 Å². The van der Waals surface area contributed by atoms with Crippen molar-refractivity contribution in [1.29, 1.82) is 0 Å². The minimum absolute atomic E-state index is 0.0243. The van der Waals surface area contributed by atoms with Crippen LogP contribution >= 0.6 is 23.4 Å². The summed E-state index contributed by atoms with van der Waals surface area (Å²) in [6.07, 6.45) is 0. The molecule has 9 nitrogen and oxygen atoms in total. The molecule has 2 aromatic rings. The van der Waals surface area contributed by atoms with Crippen LogP contribution in [0.25, 0.3) is 0 Å².